The summed E-state index contributed by atoms with van der Waals surface area (Å²) in [5.74, 6) is 0.883. The van der Waals surface area contributed by atoms with E-state index in [4.69, 9.17) is 0 Å². The van der Waals surface area contributed by atoms with Gasteiger partial charge in [0.1, 0.15) is 0 Å². The van der Waals surface area contributed by atoms with Gasteiger partial charge in [-0.25, -0.2) is 0 Å². The second-order valence-electron chi connectivity index (χ2n) is 8.57. The smallest absolute Gasteiger partial charge is 0.220 e. The maximum absolute atomic E-state index is 12.1. The van der Waals surface area contributed by atoms with E-state index in [1.165, 1.54) is 0 Å². The number of nitrogens with one attached hydrogen (secondary N) is 1. The van der Waals surface area contributed by atoms with Gasteiger partial charge in [0.25, 0.3) is 0 Å². The number of quaternary nitrogens is 1. The number of rotatable bonds is 8. The van der Waals surface area contributed by atoms with E-state index in [0.29, 0.717) is 30.5 Å². The normalized spacial score (nSPS) is 23.5. The van der Waals surface area contributed by atoms with Crippen LogP contribution in [0.15, 0.2) is 0 Å². The highest BCUT2D eigenvalue weighted by Crippen LogP contribution is 2.26. The fraction of sp³-hybridized carbons (Fsp3) is 0.944. The summed E-state index contributed by atoms with van der Waals surface area (Å²) in [4.78, 5) is 14.7. The van der Waals surface area contributed by atoms with Crippen molar-refractivity contribution < 1.29 is 9.28 Å². The van der Waals surface area contributed by atoms with Crippen LogP contribution in [0.5, 0.6) is 0 Å². The van der Waals surface area contributed by atoms with E-state index in [0.717, 1.165) is 36.8 Å². The van der Waals surface area contributed by atoms with Crippen molar-refractivity contribution in [2.24, 2.45) is 5.92 Å². The number of unbranched alkanes of at least 4 members (excludes halogenated alkanes) is 1. The number of nitrogens with zero attached hydrogens (tertiary/aromatic N) is 2. The number of carbonyl (C=O) groups excluding carboxylic acids is 1. The Hall–Kier alpha value is -0.610. The molecule has 1 rings (SSSR count). The zero-order valence-electron chi connectivity index (χ0n) is 15.9. The predicted octanol–water partition coefficient (Wildman–Crippen LogP) is 2.49. The maximum Gasteiger partial charge on any atom is 0.220 e. The van der Waals surface area contributed by atoms with Crippen LogP contribution in [0.25, 0.3) is 0 Å². The highest BCUT2D eigenvalue weighted by molar-refractivity contribution is 5.76. The van der Waals surface area contributed by atoms with E-state index in [-0.39, 0.29) is 5.91 Å². The molecule has 0 aliphatic carbocycles. The highest BCUT2D eigenvalue weighted by atomic mass is 16.1. The molecule has 4 heteroatoms. The Morgan fingerprint density at radius 2 is 1.82 bits per heavy atom. The summed E-state index contributed by atoms with van der Waals surface area (Å²) < 4.78 is 0.976. The third-order valence-electron chi connectivity index (χ3n) is 4.66. The Labute approximate surface area is 137 Å². The molecule has 2 unspecified atom stereocenters. The topological polar surface area (TPSA) is 32.3 Å². The molecule has 1 N–H and O–H groups in total. The lowest BCUT2D eigenvalue weighted by atomic mass is 10.00. The van der Waals surface area contributed by atoms with E-state index in [1.54, 1.807) is 0 Å². The van der Waals surface area contributed by atoms with Crippen LogP contribution in [0.3, 0.4) is 0 Å². The van der Waals surface area contributed by atoms with Crippen LogP contribution in [0.2, 0.25) is 0 Å². The van der Waals surface area contributed by atoms with E-state index in [9.17, 15) is 4.79 Å². The molecule has 1 saturated heterocycles. The molecule has 22 heavy (non-hydrogen) atoms. The first-order valence-corrected chi connectivity index (χ1v) is 8.95. The Morgan fingerprint density at radius 3 is 2.27 bits per heavy atom. The summed E-state index contributed by atoms with van der Waals surface area (Å²) in [7, 11) is 6.60. The summed E-state index contributed by atoms with van der Waals surface area (Å²) in [5.41, 5.74) is 0. The zero-order chi connectivity index (χ0) is 16.9. The van der Waals surface area contributed by atoms with Crippen molar-refractivity contribution in [1.82, 2.24) is 10.2 Å². The van der Waals surface area contributed by atoms with Gasteiger partial charge in [-0.05, 0) is 39.0 Å². The number of carbonyl (C=O) groups is 1. The van der Waals surface area contributed by atoms with E-state index >= 15 is 0 Å². The van der Waals surface area contributed by atoms with Crippen molar-refractivity contribution in [3.8, 4) is 0 Å². The molecule has 1 heterocycles. The van der Waals surface area contributed by atoms with Gasteiger partial charge in [-0.15, -0.1) is 0 Å². The van der Waals surface area contributed by atoms with Crippen molar-refractivity contribution in [1.29, 1.82) is 0 Å². The number of likely N-dealkylation sites (tertiary alicyclic amines) is 1. The molecule has 1 amide bonds. The first-order chi connectivity index (χ1) is 10.1. The second kappa shape index (κ2) is 8.30. The summed E-state index contributed by atoms with van der Waals surface area (Å²) in [6.07, 6.45) is 3.88. The van der Waals surface area contributed by atoms with Crippen molar-refractivity contribution in [2.75, 3.05) is 34.2 Å². The largest absolute Gasteiger partial charge is 0.352 e. The molecule has 130 valence electrons. The van der Waals surface area contributed by atoms with Crippen LogP contribution in [0.1, 0.15) is 53.4 Å². The molecule has 0 aromatic heterocycles. The third kappa shape index (κ3) is 6.66. The van der Waals surface area contributed by atoms with E-state index in [2.05, 4.69) is 59.1 Å². The number of hydrogen-bond donors (Lipinski definition) is 1. The molecule has 1 aliphatic heterocycles. The fourth-order valence-corrected chi connectivity index (χ4v) is 3.42. The summed E-state index contributed by atoms with van der Waals surface area (Å²) in [6, 6.07) is 1.49. The van der Waals surface area contributed by atoms with Crippen molar-refractivity contribution in [3.05, 3.63) is 0 Å². The molecular formula is C18H38N3O+. The molecule has 0 spiro atoms. The predicted molar refractivity (Wildman–Crippen MR) is 93.8 cm³/mol. The molecular weight excluding hydrogens is 274 g/mol. The van der Waals surface area contributed by atoms with Gasteiger partial charge in [0, 0.05) is 31.1 Å². The molecule has 0 radical (unpaired) electrons. The van der Waals surface area contributed by atoms with Gasteiger partial charge in [-0.1, -0.05) is 13.8 Å². The van der Waals surface area contributed by atoms with Crippen molar-refractivity contribution in [2.45, 2.75) is 71.5 Å². The minimum atomic E-state index is 0.236. The maximum atomic E-state index is 12.1. The first kappa shape index (κ1) is 19.4. The lowest BCUT2D eigenvalue weighted by Gasteiger charge is -2.30. The lowest BCUT2D eigenvalue weighted by Crippen LogP contribution is -2.40. The Balaban J connectivity index is 2.33. The Bertz CT molecular complexity index is 331. The molecule has 2 atom stereocenters. The van der Waals surface area contributed by atoms with Crippen LogP contribution in [0, 0.1) is 5.92 Å². The van der Waals surface area contributed by atoms with Crippen LogP contribution in [-0.2, 0) is 4.79 Å². The minimum Gasteiger partial charge on any atom is -0.352 e. The lowest BCUT2D eigenvalue weighted by molar-refractivity contribution is -0.870. The van der Waals surface area contributed by atoms with Gasteiger partial charge in [-0.3, -0.25) is 9.69 Å². The van der Waals surface area contributed by atoms with Gasteiger partial charge in [0.15, 0.2) is 0 Å². The van der Waals surface area contributed by atoms with Gasteiger partial charge in [0.2, 0.25) is 5.91 Å². The number of amides is 1. The number of hydrogen-bond acceptors (Lipinski definition) is 2. The van der Waals surface area contributed by atoms with Crippen molar-refractivity contribution >= 4 is 5.91 Å². The summed E-state index contributed by atoms with van der Waals surface area (Å²) >= 11 is 0. The molecule has 1 aliphatic rings. The first-order valence-electron chi connectivity index (χ1n) is 8.95. The minimum absolute atomic E-state index is 0.236. The second-order valence-corrected chi connectivity index (χ2v) is 8.57. The standard InChI is InChI=1S/C18H37N3O/c1-14(2)17-12-16(13-20(17)15(3)4)19-18(22)10-8-9-11-21(5,6)7/h14-17H,8-13H2,1-7H3/p+1. The van der Waals surface area contributed by atoms with E-state index < -0.39 is 0 Å². The average molecular weight is 313 g/mol. The molecule has 4 nitrogen and oxygen atoms in total. The molecule has 1 fully saturated rings. The monoisotopic (exact) mass is 312 g/mol. The quantitative estimate of drug-likeness (QED) is 0.552. The Kier molecular flexibility index (Phi) is 7.33. The molecule has 0 aromatic rings. The van der Waals surface area contributed by atoms with Crippen LogP contribution in [0.4, 0.5) is 0 Å². The van der Waals surface area contributed by atoms with Crippen molar-refractivity contribution in [3.63, 3.8) is 0 Å². The Morgan fingerprint density at radius 1 is 1.18 bits per heavy atom. The summed E-state index contributed by atoms with van der Waals surface area (Å²) in [5, 5.41) is 3.26. The van der Waals surface area contributed by atoms with Gasteiger partial charge < -0.3 is 9.80 Å². The van der Waals surface area contributed by atoms with Crippen LogP contribution >= 0.6 is 0 Å². The highest BCUT2D eigenvalue weighted by Gasteiger charge is 2.35. The van der Waals surface area contributed by atoms with Crippen LogP contribution in [-0.4, -0.2) is 67.6 Å². The van der Waals surface area contributed by atoms with Gasteiger partial charge >= 0.3 is 0 Å². The van der Waals surface area contributed by atoms with E-state index in [1.807, 2.05) is 0 Å². The third-order valence-corrected chi connectivity index (χ3v) is 4.66. The van der Waals surface area contributed by atoms with Crippen LogP contribution < -0.4 is 5.32 Å². The average Bonchev–Trinajstić information content (AvgIpc) is 2.78. The molecule has 0 saturated carbocycles. The van der Waals surface area contributed by atoms with Gasteiger partial charge in [-0.2, -0.15) is 0 Å². The SMILES string of the molecule is CC(C)C1CC(NC(=O)CCCC[N+](C)(C)C)CN1C(C)C. The fourth-order valence-electron chi connectivity index (χ4n) is 3.42. The summed E-state index contributed by atoms with van der Waals surface area (Å²) in [6.45, 7) is 11.2. The van der Waals surface area contributed by atoms with Gasteiger partial charge in [0.05, 0.1) is 27.7 Å². The molecule has 0 aromatic carbocycles. The molecule has 0 bridgehead atoms. The zero-order valence-corrected chi connectivity index (χ0v) is 15.9.